The molecule has 0 saturated heterocycles. The zero-order valence-corrected chi connectivity index (χ0v) is 10.7. The minimum absolute atomic E-state index is 0.0720. The Morgan fingerprint density at radius 3 is 2.72 bits per heavy atom. The first-order chi connectivity index (χ1) is 8.72. The lowest BCUT2D eigenvalue weighted by atomic mass is 10.2. The zero-order valence-electron chi connectivity index (χ0n) is 9.97. The fourth-order valence-electron chi connectivity index (χ4n) is 1.51. The Labute approximate surface area is 110 Å². The molecule has 0 saturated carbocycles. The summed E-state index contributed by atoms with van der Waals surface area (Å²) in [5, 5.41) is 4.04. The molecule has 1 aromatic carbocycles. The largest absolute Gasteiger partial charge is 0.485 e. The van der Waals surface area contributed by atoms with Crippen LogP contribution in [0.25, 0.3) is 0 Å². The van der Waals surface area contributed by atoms with Crippen LogP contribution in [0.15, 0.2) is 41.3 Å². The Morgan fingerprint density at radius 1 is 1.33 bits per heavy atom. The maximum Gasteiger partial charge on any atom is 0.289 e. The topological polar surface area (TPSA) is 44.1 Å². The van der Waals surface area contributed by atoms with E-state index >= 15 is 0 Å². The molecule has 0 radical (unpaired) electrons. The lowest BCUT2D eigenvalue weighted by Crippen LogP contribution is -2.22. The molecule has 4 nitrogen and oxygen atoms in total. The lowest BCUT2D eigenvalue weighted by Gasteiger charge is -2.08. The van der Waals surface area contributed by atoms with Crippen LogP contribution < -0.4 is 10.3 Å². The van der Waals surface area contributed by atoms with Crippen molar-refractivity contribution >= 4 is 11.6 Å². The standard InChI is InChI=1S/C13H13ClN2O2/c1-2-16-13(17)12(14)11(8-15-16)18-9-10-6-4-3-5-7-10/h3-8H,2,9H2,1H3. The third-order valence-corrected chi connectivity index (χ3v) is 2.84. The second-order valence-electron chi connectivity index (χ2n) is 3.72. The highest BCUT2D eigenvalue weighted by Gasteiger charge is 2.09. The summed E-state index contributed by atoms with van der Waals surface area (Å²) in [6.45, 7) is 2.67. The summed E-state index contributed by atoms with van der Waals surface area (Å²) in [6, 6.07) is 9.66. The van der Waals surface area contributed by atoms with Crippen molar-refractivity contribution in [2.45, 2.75) is 20.1 Å². The van der Waals surface area contributed by atoms with Crippen LogP contribution in [-0.4, -0.2) is 9.78 Å². The average molecular weight is 265 g/mol. The van der Waals surface area contributed by atoms with E-state index in [-0.39, 0.29) is 10.6 Å². The van der Waals surface area contributed by atoms with Crippen LogP contribution in [0.1, 0.15) is 12.5 Å². The molecule has 94 valence electrons. The van der Waals surface area contributed by atoms with Gasteiger partial charge in [-0.25, -0.2) is 4.68 Å². The number of halogens is 1. The van der Waals surface area contributed by atoms with Crippen LogP contribution in [0, 0.1) is 0 Å². The molecular formula is C13H13ClN2O2. The Bertz CT molecular complexity index is 581. The van der Waals surface area contributed by atoms with Crippen molar-refractivity contribution < 1.29 is 4.74 Å². The number of aromatic nitrogens is 2. The highest BCUT2D eigenvalue weighted by atomic mass is 35.5. The molecule has 0 amide bonds. The number of nitrogens with zero attached hydrogens (tertiary/aromatic N) is 2. The van der Waals surface area contributed by atoms with Gasteiger partial charge in [0.05, 0.1) is 6.20 Å². The predicted octanol–water partition coefficient (Wildman–Crippen LogP) is 2.50. The van der Waals surface area contributed by atoms with E-state index in [0.717, 1.165) is 5.56 Å². The fraction of sp³-hybridized carbons (Fsp3) is 0.231. The van der Waals surface area contributed by atoms with Gasteiger partial charge in [0.2, 0.25) is 0 Å². The van der Waals surface area contributed by atoms with Gasteiger partial charge in [-0.15, -0.1) is 0 Å². The summed E-state index contributed by atoms with van der Waals surface area (Å²) in [5.41, 5.74) is 0.679. The fourth-order valence-corrected chi connectivity index (χ4v) is 1.71. The molecule has 1 aromatic heterocycles. The second-order valence-corrected chi connectivity index (χ2v) is 4.10. The van der Waals surface area contributed by atoms with Gasteiger partial charge in [0.1, 0.15) is 6.61 Å². The van der Waals surface area contributed by atoms with Crippen LogP contribution in [0.4, 0.5) is 0 Å². The molecule has 0 aliphatic carbocycles. The van der Waals surface area contributed by atoms with E-state index in [1.165, 1.54) is 10.9 Å². The van der Waals surface area contributed by atoms with Gasteiger partial charge in [0.25, 0.3) is 5.56 Å². The number of hydrogen-bond donors (Lipinski definition) is 0. The molecule has 0 atom stereocenters. The Morgan fingerprint density at radius 2 is 2.06 bits per heavy atom. The number of hydrogen-bond acceptors (Lipinski definition) is 3. The van der Waals surface area contributed by atoms with Crippen LogP contribution in [0.5, 0.6) is 5.75 Å². The second kappa shape index (κ2) is 5.69. The van der Waals surface area contributed by atoms with Gasteiger partial charge >= 0.3 is 0 Å². The van der Waals surface area contributed by atoms with Crippen LogP contribution in [0.3, 0.4) is 0 Å². The normalized spacial score (nSPS) is 10.3. The SMILES string of the molecule is CCn1ncc(OCc2ccccc2)c(Cl)c1=O. The van der Waals surface area contributed by atoms with Crippen LogP contribution >= 0.6 is 11.6 Å². The maximum atomic E-state index is 11.7. The molecule has 18 heavy (non-hydrogen) atoms. The van der Waals surface area contributed by atoms with Gasteiger partial charge in [-0.2, -0.15) is 5.10 Å². The van der Waals surface area contributed by atoms with Crippen molar-refractivity contribution in [1.82, 2.24) is 9.78 Å². The molecule has 2 aromatic rings. The Balaban J connectivity index is 2.16. The molecule has 0 N–H and O–H groups in total. The molecule has 0 aliphatic rings. The number of rotatable bonds is 4. The summed E-state index contributed by atoms with van der Waals surface area (Å²) in [5.74, 6) is 0.315. The van der Waals surface area contributed by atoms with Crippen molar-refractivity contribution in [3.8, 4) is 5.75 Å². The summed E-state index contributed by atoms with van der Waals surface area (Å²) >= 11 is 5.95. The first-order valence-corrected chi connectivity index (χ1v) is 6.02. The minimum Gasteiger partial charge on any atom is -0.485 e. The van der Waals surface area contributed by atoms with Crippen molar-refractivity contribution in [1.29, 1.82) is 0 Å². The molecule has 0 aliphatic heterocycles. The van der Waals surface area contributed by atoms with E-state index in [1.807, 2.05) is 37.3 Å². The molecule has 0 spiro atoms. The highest BCUT2D eigenvalue weighted by molar-refractivity contribution is 6.31. The molecule has 5 heteroatoms. The molecule has 0 bridgehead atoms. The monoisotopic (exact) mass is 264 g/mol. The van der Waals surface area contributed by atoms with E-state index in [0.29, 0.717) is 18.9 Å². The first kappa shape index (κ1) is 12.6. The van der Waals surface area contributed by atoms with Gasteiger partial charge in [-0.1, -0.05) is 41.9 Å². The molecule has 1 heterocycles. The first-order valence-electron chi connectivity index (χ1n) is 5.64. The quantitative estimate of drug-likeness (QED) is 0.852. The summed E-state index contributed by atoms with van der Waals surface area (Å²) in [6.07, 6.45) is 1.47. The molecule has 0 fully saturated rings. The van der Waals surface area contributed by atoms with Gasteiger partial charge in [0, 0.05) is 6.54 Å². The Hall–Kier alpha value is -1.81. The van der Waals surface area contributed by atoms with Gasteiger partial charge < -0.3 is 4.74 Å². The van der Waals surface area contributed by atoms with Gasteiger partial charge in [-0.3, -0.25) is 4.79 Å². The van der Waals surface area contributed by atoms with Crippen LogP contribution in [-0.2, 0) is 13.2 Å². The summed E-state index contributed by atoms with van der Waals surface area (Å²) in [4.78, 5) is 11.7. The average Bonchev–Trinajstić information content (AvgIpc) is 2.42. The summed E-state index contributed by atoms with van der Waals surface area (Å²) < 4.78 is 6.78. The summed E-state index contributed by atoms with van der Waals surface area (Å²) in [7, 11) is 0. The van der Waals surface area contributed by atoms with Crippen LogP contribution in [0.2, 0.25) is 5.02 Å². The molecular weight excluding hydrogens is 252 g/mol. The maximum absolute atomic E-state index is 11.7. The number of ether oxygens (including phenoxy) is 1. The smallest absolute Gasteiger partial charge is 0.289 e. The number of aryl methyl sites for hydroxylation is 1. The zero-order chi connectivity index (χ0) is 13.0. The lowest BCUT2D eigenvalue weighted by molar-refractivity contribution is 0.302. The van der Waals surface area contributed by atoms with Crippen molar-refractivity contribution in [2.24, 2.45) is 0 Å². The van der Waals surface area contributed by atoms with E-state index in [2.05, 4.69) is 5.10 Å². The van der Waals surface area contributed by atoms with Crippen molar-refractivity contribution in [3.05, 3.63) is 57.5 Å². The van der Waals surface area contributed by atoms with Crippen molar-refractivity contribution in [3.63, 3.8) is 0 Å². The molecule has 2 rings (SSSR count). The highest BCUT2D eigenvalue weighted by Crippen LogP contribution is 2.19. The minimum atomic E-state index is -0.329. The third kappa shape index (κ3) is 2.71. The number of benzene rings is 1. The van der Waals surface area contributed by atoms with E-state index in [1.54, 1.807) is 0 Å². The predicted molar refractivity (Wildman–Crippen MR) is 70.0 cm³/mol. The van der Waals surface area contributed by atoms with Gasteiger partial charge in [-0.05, 0) is 12.5 Å². The van der Waals surface area contributed by atoms with Crippen molar-refractivity contribution in [2.75, 3.05) is 0 Å². The third-order valence-electron chi connectivity index (χ3n) is 2.49. The van der Waals surface area contributed by atoms with Gasteiger partial charge in [0.15, 0.2) is 10.8 Å². The van der Waals surface area contributed by atoms with E-state index < -0.39 is 0 Å². The molecule has 0 unspecified atom stereocenters. The van der Waals surface area contributed by atoms with E-state index in [4.69, 9.17) is 16.3 Å². The van der Waals surface area contributed by atoms with E-state index in [9.17, 15) is 4.79 Å². The Kier molecular flexibility index (Phi) is 3.99.